The summed E-state index contributed by atoms with van der Waals surface area (Å²) in [4.78, 5) is 50.0. The van der Waals surface area contributed by atoms with Crippen LogP contribution in [-0.2, 0) is 0 Å². The van der Waals surface area contributed by atoms with Crippen LogP contribution in [0.3, 0.4) is 0 Å². The summed E-state index contributed by atoms with van der Waals surface area (Å²) in [7, 11) is 0. The van der Waals surface area contributed by atoms with E-state index in [0.29, 0.717) is 55.3 Å². The predicted octanol–water partition coefficient (Wildman–Crippen LogP) is 2.73. The summed E-state index contributed by atoms with van der Waals surface area (Å²) in [5, 5.41) is 3.32. The van der Waals surface area contributed by atoms with E-state index in [1.165, 1.54) is 0 Å². The fraction of sp³-hybridized carbons (Fsp3) is 0.263. The van der Waals surface area contributed by atoms with Crippen molar-refractivity contribution in [1.82, 2.24) is 5.32 Å². The maximum Gasteiger partial charge on any atom is 0.259 e. The lowest BCUT2D eigenvalue weighted by molar-refractivity contribution is 0.0835. The van der Waals surface area contributed by atoms with Gasteiger partial charge in [0.15, 0.2) is 11.6 Å². The second-order valence-electron chi connectivity index (χ2n) is 6.56. The molecule has 5 heteroatoms. The maximum atomic E-state index is 12.5. The topological polar surface area (TPSA) is 80.3 Å². The van der Waals surface area contributed by atoms with E-state index in [1.807, 2.05) is 0 Å². The van der Waals surface area contributed by atoms with Crippen LogP contribution in [0.15, 0.2) is 0 Å². The Kier molecular flexibility index (Phi) is 2.69. The van der Waals surface area contributed by atoms with E-state index >= 15 is 0 Å². The van der Waals surface area contributed by atoms with Crippen LogP contribution in [0.5, 0.6) is 0 Å². The number of benzene rings is 2. The molecule has 2 amide bonds. The van der Waals surface area contributed by atoms with Gasteiger partial charge in [-0.3, -0.25) is 24.5 Å². The van der Waals surface area contributed by atoms with Gasteiger partial charge in [0.05, 0.1) is 17.5 Å². The molecule has 5 nitrogen and oxygen atoms in total. The molecule has 0 bridgehead atoms. The van der Waals surface area contributed by atoms with Gasteiger partial charge in [0, 0.05) is 21.9 Å². The number of ketones is 2. The highest BCUT2D eigenvalue weighted by Crippen LogP contribution is 2.42. The van der Waals surface area contributed by atoms with Gasteiger partial charge < -0.3 is 0 Å². The molecular weight excluding hydrogens is 306 g/mol. The molecule has 0 fully saturated rings. The number of carbonyl (C=O) groups is 4. The summed E-state index contributed by atoms with van der Waals surface area (Å²) in [5.41, 5.74) is 4.52. The third kappa shape index (κ3) is 1.49. The molecule has 0 unspecified atom stereocenters. The molecule has 1 N–H and O–H groups in total. The van der Waals surface area contributed by atoms with E-state index in [1.54, 1.807) is 27.7 Å². The fourth-order valence-electron chi connectivity index (χ4n) is 4.07. The van der Waals surface area contributed by atoms with Crippen LogP contribution in [0, 0.1) is 27.7 Å². The lowest BCUT2D eigenvalue weighted by atomic mass is 9.75. The first-order chi connectivity index (χ1) is 11.3. The highest BCUT2D eigenvalue weighted by atomic mass is 16.2. The number of amides is 2. The molecule has 1 aliphatic carbocycles. The smallest absolute Gasteiger partial charge is 0.259 e. The second kappa shape index (κ2) is 4.38. The molecule has 0 radical (unpaired) electrons. The largest absolute Gasteiger partial charge is 0.294 e. The molecule has 0 atom stereocenters. The molecule has 120 valence electrons. The van der Waals surface area contributed by atoms with Crippen LogP contribution in [0.25, 0.3) is 10.8 Å². The zero-order chi connectivity index (χ0) is 17.5. The number of Topliss-reactive ketones (excluding diaryl/α,β-unsaturated/α-hetero) is 2. The summed E-state index contributed by atoms with van der Waals surface area (Å²) < 4.78 is 0. The summed E-state index contributed by atoms with van der Waals surface area (Å²) >= 11 is 0. The number of rotatable bonds is 0. The van der Waals surface area contributed by atoms with Crippen LogP contribution < -0.4 is 5.32 Å². The number of carbonyl (C=O) groups excluding carboxylic acids is 4. The fourth-order valence-corrected chi connectivity index (χ4v) is 4.07. The number of hydrogen-bond acceptors (Lipinski definition) is 4. The van der Waals surface area contributed by atoms with Crippen molar-refractivity contribution in [2.24, 2.45) is 0 Å². The molecule has 2 aromatic rings. The van der Waals surface area contributed by atoms with Crippen LogP contribution in [0.1, 0.15) is 70.1 Å². The third-order valence-electron chi connectivity index (χ3n) is 5.43. The summed E-state index contributed by atoms with van der Waals surface area (Å²) in [6.45, 7) is 7.13. The van der Waals surface area contributed by atoms with Gasteiger partial charge >= 0.3 is 0 Å². The van der Waals surface area contributed by atoms with E-state index in [9.17, 15) is 19.2 Å². The van der Waals surface area contributed by atoms with E-state index in [2.05, 4.69) is 5.32 Å². The van der Waals surface area contributed by atoms with E-state index in [0.717, 1.165) is 0 Å². The van der Waals surface area contributed by atoms with Crippen molar-refractivity contribution in [3.63, 3.8) is 0 Å². The maximum absolute atomic E-state index is 12.5. The highest BCUT2D eigenvalue weighted by Gasteiger charge is 2.38. The molecule has 1 aliphatic heterocycles. The Morgan fingerprint density at radius 3 is 1.33 bits per heavy atom. The summed E-state index contributed by atoms with van der Waals surface area (Å²) in [6, 6.07) is 0. The van der Waals surface area contributed by atoms with Crippen molar-refractivity contribution < 1.29 is 19.2 Å². The number of imide groups is 1. The molecular formula is C19H15NO4. The van der Waals surface area contributed by atoms with Crippen LogP contribution >= 0.6 is 0 Å². The monoisotopic (exact) mass is 321 g/mol. The normalized spacial score (nSPS) is 16.0. The minimum atomic E-state index is -0.473. The van der Waals surface area contributed by atoms with Gasteiger partial charge in [0.2, 0.25) is 0 Å². The van der Waals surface area contributed by atoms with Gasteiger partial charge in [-0.25, -0.2) is 0 Å². The average Bonchev–Trinajstić information content (AvgIpc) is 2.49. The zero-order valence-electron chi connectivity index (χ0n) is 13.8. The van der Waals surface area contributed by atoms with Crippen molar-refractivity contribution in [2.75, 3.05) is 0 Å². The lowest BCUT2D eigenvalue weighted by Gasteiger charge is -2.29. The Bertz CT molecular complexity index is 896. The number of hydrogen-bond donors (Lipinski definition) is 1. The quantitative estimate of drug-likeness (QED) is 0.597. The Morgan fingerprint density at radius 2 is 0.917 bits per heavy atom. The molecule has 0 spiro atoms. The molecule has 1 heterocycles. The SMILES string of the molecule is Cc1c(C)c2c3c(c(C)c(C)c4c3c1C(=O)CC4=O)C(=O)NC2=O. The van der Waals surface area contributed by atoms with Crippen molar-refractivity contribution in [1.29, 1.82) is 0 Å². The summed E-state index contributed by atoms with van der Waals surface area (Å²) in [5.74, 6) is -1.43. The molecule has 0 saturated heterocycles. The molecule has 0 saturated carbocycles. The molecule has 2 aliphatic rings. The van der Waals surface area contributed by atoms with E-state index in [-0.39, 0.29) is 18.0 Å². The Morgan fingerprint density at radius 1 is 0.583 bits per heavy atom. The first-order valence-corrected chi connectivity index (χ1v) is 7.77. The van der Waals surface area contributed by atoms with Crippen molar-refractivity contribution in [3.8, 4) is 0 Å². The molecule has 2 aromatic carbocycles. The minimum Gasteiger partial charge on any atom is -0.294 e. The minimum absolute atomic E-state index is 0.165. The van der Waals surface area contributed by atoms with Gasteiger partial charge in [0.1, 0.15) is 0 Å². The second-order valence-corrected chi connectivity index (χ2v) is 6.56. The van der Waals surface area contributed by atoms with Gasteiger partial charge in [-0.2, -0.15) is 0 Å². The van der Waals surface area contributed by atoms with Gasteiger partial charge in [-0.15, -0.1) is 0 Å². The first-order valence-electron chi connectivity index (χ1n) is 7.77. The first kappa shape index (κ1) is 14.8. The van der Waals surface area contributed by atoms with Crippen LogP contribution in [-0.4, -0.2) is 23.4 Å². The molecule has 24 heavy (non-hydrogen) atoms. The Labute approximate surface area is 138 Å². The lowest BCUT2D eigenvalue weighted by Crippen LogP contribution is -2.37. The van der Waals surface area contributed by atoms with Gasteiger partial charge in [-0.1, -0.05) is 0 Å². The van der Waals surface area contributed by atoms with E-state index in [4.69, 9.17) is 0 Å². The van der Waals surface area contributed by atoms with Crippen LogP contribution in [0.4, 0.5) is 0 Å². The third-order valence-corrected chi connectivity index (χ3v) is 5.43. The van der Waals surface area contributed by atoms with E-state index < -0.39 is 11.8 Å². The Balaban J connectivity index is 2.45. The van der Waals surface area contributed by atoms with Crippen LogP contribution in [0.2, 0.25) is 0 Å². The van der Waals surface area contributed by atoms with Gasteiger partial charge in [0.25, 0.3) is 11.8 Å². The molecule has 0 aromatic heterocycles. The van der Waals surface area contributed by atoms with Crippen molar-refractivity contribution in [3.05, 3.63) is 44.5 Å². The highest BCUT2D eigenvalue weighted by molar-refractivity contribution is 6.36. The van der Waals surface area contributed by atoms with Crippen molar-refractivity contribution in [2.45, 2.75) is 34.1 Å². The number of nitrogens with one attached hydrogen (secondary N) is 1. The van der Waals surface area contributed by atoms with Gasteiger partial charge in [-0.05, 0) is 49.9 Å². The standard InChI is InChI=1S/C19H15NO4/c1-6-8(3)14-17-15(19(24)20-18(14)23)9(4)7(2)13-11(22)5-10(21)12(6)16(13)17/h5H2,1-4H3,(H,20,23,24). The van der Waals surface area contributed by atoms with Crippen molar-refractivity contribution >= 4 is 34.2 Å². The summed E-state index contributed by atoms with van der Waals surface area (Å²) in [6.07, 6.45) is -0.165. The zero-order valence-corrected chi connectivity index (χ0v) is 13.8. The molecule has 4 rings (SSSR count). The average molecular weight is 321 g/mol. The predicted molar refractivity (Wildman–Crippen MR) is 88.0 cm³/mol. The Hall–Kier alpha value is -2.82.